The van der Waals surface area contributed by atoms with Crippen LogP contribution in [0.25, 0.3) is 10.9 Å². The fourth-order valence-corrected chi connectivity index (χ4v) is 4.75. The number of nitrogens with two attached hydrogens (primary N) is 1. The maximum absolute atomic E-state index is 13.9. The van der Waals surface area contributed by atoms with Crippen molar-refractivity contribution in [1.29, 1.82) is 0 Å². The van der Waals surface area contributed by atoms with Gasteiger partial charge in [0.05, 0.1) is 17.3 Å². The third-order valence-corrected chi connectivity index (χ3v) is 6.56. The van der Waals surface area contributed by atoms with Crippen LogP contribution in [0.1, 0.15) is 30.9 Å². The molecule has 3 amide bonds. The minimum absolute atomic E-state index is 0.00522. The van der Waals surface area contributed by atoms with Crippen molar-refractivity contribution >= 4 is 34.6 Å². The van der Waals surface area contributed by atoms with Gasteiger partial charge in [-0.05, 0) is 30.5 Å². The molecule has 0 aliphatic carbocycles. The van der Waals surface area contributed by atoms with Gasteiger partial charge in [-0.3, -0.25) is 19.2 Å². The Labute approximate surface area is 216 Å². The second-order valence-electron chi connectivity index (χ2n) is 9.12. The lowest BCUT2D eigenvalue weighted by atomic mass is 10.0. The molecule has 1 saturated heterocycles. The van der Waals surface area contributed by atoms with Crippen LogP contribution in [0.5, 0.6) is 0 Å². The summed E-state index contributed by atoms with van der Waals surface area (Å²) in [6, 6.07) is 11.4. The standard InChI is InChI=1S/C26H27N5O7/c27-21(32)14-18(25(36)37)28-22(33)19-11-6-12-30(19)24(35)20(13-15-7-2-1-3-8-15)31-23(34)16-9-4-5-10-17(16)29-26(31)38/h1-5,7-10,18-20H,6,11-14H2,(H2,27,32)(H,28,33)(H,29,38)(H,36,37)/t18-,19+,20+/m1/s1. The van der Waals surface area contributed by atoms with Gasteiger partial charge in [0.25, 0.3) is 5.56 Å². The van der Waals surface area contributed by atoms with Gasteiger partial charge in [0, 0.05) is 13.0 Å². The van der Waals surface area contributed by atoms with E-state index >= 15 is 0 Å². The van der Waals surface area contributed by atoms with Gasteiger partial charge < -0.3 is 26.0 Å². The second-order valence-corrected chi connectivity index (χ2v) is 9.12. The summed E-state index contributed by atoms with van der Waals surface area (Å²) in [5.41, 5.74) is 4.71. The molecule has 1 fully saturated rings. The van der Waals surface area contributed by atoms with E-state index in [0.29, 0.717) is 17.5 Å². The molecule has 38 heavy (non-hydrogen) atoms. The second kappa shape index (κ2) is 11.1. The molecular weight excluding hydrogens is 494 g/mol. The molecule has 0 bridgehead atoms. The molecule has 1 aromatic heterocycles. The first kappa shape index (κ1) is 26.3. The van der Waals surface area contributed by atoms with Crippen LogP contribution in [0, 0.1) is 0 Å². The van der Waals surface area contributed by atoms with Crippen LogP contribution in [0.4, 0.5) is 0 Å². The molecule has 3 atom stereocenters. The van der Waals surface area contributed by atoms with Crippen LogP contribution in [0.2, 0.25) is 0 Å². The predicted octanol–water partition coefficient (Wildman–Crippen LogP) is -0.0906. The highest BCUT2D eigenvalue weighted by Gasteiger charge is 2.40. The van der Waals surface area contributed by atoms with Crippen molar-refractivity contribution in [2.75, 3.05) is 6.54 Å². The van der Waals surface area contributed by atoms with Gasteiger partial charge in [0.1, 0.15) is 18.1 Å². The summed E-state index contributed by atoms with van der Waals surface area (Å²) < 4.78 is 0.873. The molecule has 2 aromatic carbocycles. The summed E-state index contributed by atoms with van der Waals surface area (Å²) in [5, 5.41) is 11.9. The third kappa shape index (κ3) is 5.48. The van der Waals surface area contributed by atoms with Crippen LogP contribution >= 0.6 is 0 Å². The smallest absolute Gasteiger partial charge is 0.329 e. The first-order valence-electron chi connectivity index (χ1n) is 12.1. The Hall–Kier alpha value is -4.74. The van der Waals surface area contributed by atoms with Crippen LogP contribution < -0.4 is 22.3 Å². The maximum Gasteiger partial charge on any atom is 0.329 e. The lowest BCUT2D eigenvalue weighted by Gasteiger charge is -2.29. The van der Waals surface area contributed by atoms with Gasteiger partial charge in [0.2, 0.25) is 17.7 Å². The van der Waals surface area contributed by atoms with Crippen molar-refractivity contribution in [3.63, 3.8) is 0 Å². The zero-order valence-corrected chi connectivity index (χ0v) is 20.3. The average Bonchev–Trinajstić information content (AvgIpc) is 3.38. The van der Waals surface area contributed by atoms with Gasteiger partial charge in [-0.2, -0.15) is 0 Å². The van der Waals surface area contributed by atoms with Gasteiger partial charge in [0.15, 0.2) is 0 Å². The highest BCUT2D eigenvalue weighted by Crippen LogP contribution is 2.24. The maximum atomic E-state index is 13.9. The van der Waals surface area contributed by atoms with Gasteiger partial charge in [-0.1, -0.05) is 42.5 Å². The van der Waals surface area contributed by atoms with E-state index < -0.39 is 59.5 Å². The Morgan fingerprint density at radius 1 is 1.05 bits per heavy atom. The number of carboxylic acids is 1. The van der Waals surface area contributed by atoms with E-state index in [4.69, 9.17) is 5.73 Å². The fraction of sp³-hybridized carbons (Fsp3) is 0.308. The van der Waals surface area contributed by atoms with Crippen molar-refractivity contribution in [3.05, 3.63) is 81.0 Å². The average molecular weight is 522 g/mol. The Kier molecular flexibility index (Phi) is 7.70. The zero-order valence-electron chi connectivity index (χ0n) is 20.3. The summed E-state index contributed by atoms with van der Waals surface area (Å²) in [6.07, 6.45) is 0.0748. The van der Waals surface area contributed by atoms with Crippen molar-refractivity contribution in [3.8, 4) is 0 Å². The number of amides is 3. The Bertz CT molecular complexity index is 1500. The summed E-state index contributed by atoms with van der Waals surface area (Å²) in [4.78, 5) is 80.1. The number of benzene rings is 2. The number of rotatable bonds is 9. The largest absolute Gasteiger partial charge is 0.480 e. The molecule has 12 nitrogen and oxygen atoms in total. The molecule has 0 spiro atoms. The van der Waals surface area contributed by atoms with E-state index in [2.05, 4.69) is 10.3 Å². The minimum Gasteiger partial charge on any atom is -0.480 e. The van der Waals surface area contributed by atoms with E-state index in [0.717, 1.165) is 4.57 Å². The molecule has 198 valence electrons. The number of H-pyrrole nitrogens is 1. The lowest BCUT2D eigenvalue weighted by Crippen LogP contribution is -2.54. The summed E-state index contributed by atoms with van der Waals surface area (Å²) in [6.45, 7) is 0.163. The van der Waals surface area contributed by atoms with E-state index in [1.807, 2.05) is 0 Å². The Balaban J connectivity index is 1.71. The number of aromatic amines is 1. The first-order valence-corrected chi connectivity index (χ1v) is 12.1. The number of primary amides is 1. The number of aromatic nitrogens is 2. The highest BCUT2D eigenvalue weighted by molar-refractivity contribution is 5.93. The number of nitrogens with one attached hydrogen (secondary N) is 2. The van der Waals surface area contributed by atoms with Crippen molar-refractivity contribution in [2.24, 2.45) is 5.73 Å². The number of nitrogens with zero attached hydrogens (tertiary/aromatic N) is 2. The minimum atomic E-state index is -1.55. The van der Waals surface area contributed by atoms with Gasteiger partial charge in [-0.25, -0.2) is 14.2 Å². The number of carbonyl (C=O) groups excluding carboxylic acids is 3. The van der Waals surface area contributed by atoms with E-state index in [9.17, 15) is 33.9 Å². The van der Waals surface area contributed by atoms with E-state index in [1.54, 1.807) is 54.6 Å². The number of hydrogen-bond acceptors (Lipinski definition) is 6. The molecule has 0 saturated carbocycles. The lowest BCUT2D eigenvalue weighted by molar-refractivity contribution is -0.145. The molecular formula is C26H27N5O7. The fourth-order valence-electron chi connectivity index (χ4n) is 4.75. The topological polar surface area (TPSA) is 185 Å². The number of carboxylic acid groups (broad SMARTS) is 1. The van der Waals surface area contributed by atoms with Gasteiger partial charge in [-0.15, -0.1) is 0 Å². The molecule has 12 heteroatoms. The molecule has 2 heterocycles. The molecule has 4 rings (SSSR count). The van der Waals surface area contributed by atoms with Crippen LogP contribution in [0.3, 0.4) is 0 Å². The molecule has 1 aliphatic rings. The number of aliphatic carboxylic acids is 1. The van der Waals surface area contributed by atoms with Crippen LogP contribution in [-0.2, 0) is 25.6 Å². The molecule has 5 N–H and O–H groups in total. The summed E-state index contributed by atoms with van der Waals surface area (Å²) in [7, 11) is 0. The molecule has 0 unspecified atom stereocenters. The number of fused-ring (bicyclic) bond motifs is 1. The highest BCUT2D eigenvalue weighted by atomic mass is 16.4. The Morgan fingerprint density at radius 2 is 1.74 bits per heavy atom. The summed E-state index contributed by atoms with van der Waals surface area (Å²) in [5.74, 6) is -3.74. The number of likely N-dealkylation sites (tertiary alicyclic amines) is 1. The molecule has 3 aromatic rings. The third-order valence-electron chi connectivity index (χ3n) is 6.56. The van der Waals surface area contributed by atoms with E-state index in [1.165, 1.54) is 4.90 Å². The molecule has 1 aliphatic heterocycles. The first-order chi connectivity index (χ1) is 18.2. The predicted molar refractivity (Wildman–Crippen MR) is 136 cm³/mol. The van der Waals surface area contributed by atoms with Crippen molar-refractivity contribution < 1.29 is 24.3 Å². The Morgan fingerprint density at radius 3 is 2.42 bits per heavy atom. The van der Waals surface area contributed by atoms with Crippen LogP contribution in [0.15, 0.2) is 64.2 Å². The summed E-state index contributed by atoms with van der Waals surface area (Å²) >= 11 is 0. The van der Waals surface area contributed by atoms with E-state index in [-0.39, 0.29) is 24.8 Å². The normalized spacial score (nSPS) is 16.6. The quantitative estimate of drug-likeness (QED) is 0.303. The van der Waals surface area contributed by atoms with Crippen molar-refractivity contribution in [2.45, 2.75) is 43.8 Å². The molecule has 0 radical (unpaired) electrons. The number of hydrogen-bond donors (Lipinski definition) is 4. The zero-order chi connectivity index (χ0) is 27.4. The van der Waals surface area contributed by atoms with Gasteiger partial charge >= 0.3 is 11.7 Å². The number of para-hydroxylation sites is 1. The van der Waals surface area contributed by atoms with Crippen molar-refractivity contribution in [1.82, 2.24) is 19.8 Å². The van der Waals surface area contributed by atoms with Crippen LogP contribution in [-0.4, -0.2) is 61.9 Å². The monoisotopic (exact) mass is 521 g/mol. The SMILES string of the molecule is NC(=O)C[C@@H](NC(=O)[C@@H]1CCCN1C(=O)[C@H](Cc1ccccc1)n1c(=O)[nH]c2ccccc2c1=O)C(=O)O. The number of carbonyl (C=O) groups is 4.